The Kier molecular flexibility index (Phi) is 3.41. The van der Waals surface area contributed by atoms with E-state index in [2.05, 4.69) is 10.5 Å². The van der Waals surface area contributed by atoms with E-state index < -0.39 is 5.60 Å². The number of oxime groups is 1. The molecule has 1 amide bonds. The molecule has 0 aliphatic carbocycles. The van der Waals surface area contributed by atoms with Crippen LogP contribution in [-0.4, -0.2) is 48.3 Å². The highest BCUT2D eigenvalue weighted by atomic mass is 16.7. The lowest BCUT2D eigenvalue weighted by Gasteiger charge is -2.49. The fourth-order valence-electron chi connectivity index (χ4n) is 3.79. The van der Waals surface area contributed by atoms with Crippen molar-refractivity contribution in [2.24, 2.45) is 10.6 Å². The van der Waals surface area contributed by atoms with Gasteiger partial charge in [-0.3, -0.25) is 4.79 Å². The van der Waals surface area contributed by atoms with Gasteiger partial charge in [-0.25, -0.2) is 0 Å². The van der Waals surface area contributed by atoms with Gasteiger partial charge in [-0.05, 0) is 30.7 Å². The molecule has 2 saturated heterocycles. The van der Waals surface area contributed by atoms with Crippen LogP contribution in [0.5, 0.6) is 0 Å². The van der Waals surface area contributed by atoms with Crippen LogP contribution >= 0.6 is 0 Å². The third-order valence-electron chi connectivity index (χ3n) is 5.53. The van der Waals surface area contributed by atoms with E-state index in [1.54, 1.807) is 0 Å². The van der Waals surface area contributed by atoms with Crippen molar-refractivity contribution in [2.75, 3.05) is 26.2 Å². The number of nitrogens with zero attached hydrogens (tertiary/aromatic N) is 2. The van der Waals surface area contributed by atoms with Gasteiger partial charge >= 0.3 is 0 Å². The maximum absolute atomic E-state index is 12.9. The van der Waals surface area contributed by atoms with Crippen LogP contribution in [0.15, 0.2) is 35.5 Å². The van der Waals surface area contributed by atoms with E-state index in [4.69, 9.17) is 4.84 Å². The van der Waals surface area contributed by atoms with Gasteiger partial charge in [0.25, 0.3) is 5.91 Å². The van der Waals surface area contributed by atoms with Crippen LogP contribution in [0.2, 0.25) is 0 Å². The Balaban J connectivity index is 1.41. The maximum Gasteiger partial charge on any atom is 0.269 e. The van der Waals surface area contributed by atoms with Gasteiger partial charge in [-0.2, -0.15) is 0 Å². The molecule has 122 valence electrons. The van der Waals surface area contributed by atoms with Crippen molar-refractivity contribution in [3.8, 4) is 0 Å². The zero-order valence-corrected chi connectivity index (χ0v) is 13.5. The van der Waals surface area contributed by atoms with E-state index >= 15 is 0 Å². The van der Waals surface area contributed by atoms with E-state index in [1.807, 2.05) is 42.2 Å². The topological polar surface area (TPSA) is 53.9 Å². The molecular formula is C18H23N3O2. The molecular weight excluding hydrogens is 290 g/mol. The molecule has 1 aromatic rings. The summed E-state index contributed by atoms with van der Waals surface area (Å²) in [7, 11) is 0. The molecule has 0 radical (unpaired) electrons. The molecule has 5 nitrogen and oxygen atoms in total. The van der Waals surface area contributed by atoms with Crippen LogP contribution in [-0.2, 0) is 9.63 Å². The lowest BCUT2D eigenvalue weighted by Crippen LogP contribution is -2.60. The predicted molar refractivity (Wildman–Crippen MR) is 88.2 cm³/mol. The molecule has 1 atom stereocenters. The summed E-state index contributed by atoms with van der Waals surface area (Å²) in [4.78, 5) is 20.5. The second-order valence-corrected chi connectivity index (χ2v) is 7.30. The second kappa shape index (κ2) is 5.34. The van der Waals surface area contributed by atoms with Crippen molar-refractivity contribution in [1.29, 1.82) is 0 Å². The summed E-state index contributed by atoms with van der Waals surface area (Å²) in [6, 6.07) is 9.94. The number of rotatable bonds is 2. The number of carbonyl (C=O) groups is 1. The minimum absolute atomic E-state index is 0.0781. The number of hydrogen-bond acceptors (Lipinski definition) is 4. The molecule has 5 heteroatoms. The van der Waals surface area contributed by atoms with Gasteiger partial charge in [-0.15, -0.1) is 0 Å². The zero-order valence-electron chi connectivity index (χ0n) is 13.5. The van der Waals surface area contributed by atoms with Gasteiger partial charge in [0.1, 0.15) is 0 Å². The second-order valence-electron chi connectivity index (χ2n) is 7.30. The molecule has 3 aliphatic rings. The number of benzene rings is 1. The largest absolute Gasteiger partial charge is 0.379 e. The Morgan fingerprint density at radius 3 is 2.52 bits per heavy atom. The molecule has 4 rings (SSSR count). The molecule has 0 bridgehead atoms. The number of piperidine rings is 1. The summed E-state index contributed by atoms with van der Waals surface area (Å²) in [5.41, 5.74) is 1.48. The van der Waals surface area contributed by atoms with Crippen molar-refractivity contribution in [3.05, 3.63) is 35.9 Å². The molecule has 0 saturated carbocycles. The van der Waals surface area contributed by atoms with Gasteiger partial charge in [0.2, 0.25) is 5.60 Å². The van der Waals surface area contributed by atoms with Crippen LogP contribution in [0.3, 0.4) is 0 Å². The smallest absolute Gasteiger partial charge is 0.269 e. The standard InChI is InChI=1S/C18H23N3O2/c1-17(11-15(20-23-17)14-5-3-2-4-6-14)16(22)21-9-7-18(8-10-21)12-19-13-18/h2-6,19H,7-13H2,1H3. The zero-order chi connectivity index (χ0) is 15.9. The van der Waals surface area contributed by atoms with Crippen molar-refractivity contribution < 1.29 is 9.63 Å². The first-order valence-electron chi connectivity index (χ1n) is 8.41. The normalized spacial score (nSPS) is 28.9. The third kappa shape index (κ3) is 2.53. The first-order chi connectivity index (χ1) is 11.1. The van der Waals surface area contributed by atoms with E-state index in [-0.39, 0.29) is 5.91 Å². The van der Waals surface area contributed by atoms with Crippen LogP contribution in [0, 0.1) is 5.41 Å². The van der Waals surface area contributed by atoms with Crippen LogP contribution in [0.4, 0.5) is 0 Å². The highest BCUT2D eigenvalue weighted by Gasteiger charge is 2.47. The van der Waals surface area contributed by atoms with E-state index in [1.165, 1.54) is 0 Å². The summed E-state index contributed by atoms with van der Waals surface area (Å²) in [6.07, 6.45) is 2.72. The van der Waals surface area contributed by atoms with Gasteiger partial charge in [-0.1, -0.05) is 35.5 Å². The summed E-state index contributed by atoms with van der Waals surface area (Å²) >= 11 is 0. The van der Waals surface area contributed by atoms with Gasteiger partial charge in [0, 0.05) is 32.6 Å². The van der Waals surface area contributed by atoms with Crippen molar-refractivity contribution >= 4 is 11.6 Å². The van der Waals surface area contributed by atoms with Crippen molar-refractivity contribution in [1.82, 2.24) is 10.2 Å². The highest BCUT2D eigenvalue weighted by Crippen LogP contribution is 2.37. The van der Waals surface area contributed by atoms with Gasteiger partial charge in [0.15, 0.2) is 0 Å². The molecule has 2 fully saturated rings. The summed E-state index contributed by atoms with van der Waals surface area (Å²) in [6.45, 7) is 5.73. The monoisotopic (exact) mass is 313 g/mol. The predicted octanol–water partition coefficient (Wildman–Crippen LogP) is 1.78. The molecule has 3 aliphatic heterocycles. The van der Waals surface area contributed by atoms with Gasteiger partial charge in [0.05, 0.1) is 5.71 Å². The molecule has 1 unspecified atom stereocenters. The van der Waals surface area contributed by atoms with E-state index in [9.17, 15) is 4.79 Å². The first kappa shape index (κ1) is 14.7. The minimum atomic E-state index is -0.854. The summed E-state index contributed by atoms with van der Waals surface area (Å²) < 4.78 is 0. The Labute approximate surface area is 136 Å². The Morgan fingerprint density at radius 1 is 1.22 bits per heavy atom. The van der Waals surface area contributed by atoms with E-state index in [0.717, 1.165) is 50.3 Å². The summed E-state index contributed by atoms with van der Waals surface area (Å²) in [5.74, 6) is 0.0781. The molecule has 1 aromatic carbocycles. The Hall–Kier alpha value is -1.88. The summed E-state index contributed by atoms with van der Waals surface area (Å²) in [5, 5.41) is 7.55. The molecule has 1 N–H and O–H groups in total. The van der Waals surface area contributed by atoms with Crippen molar-refractivity contribution in [3.63, 3.8) is 0 Å². The first-order valence-corrected chi connectivity index (χ1v) is 8.41. The molecule has 23 heavy (non-hydrogen) atoms. The van der Waals surface area contributed by atoms with Gasteiger partial charge < -0.3 is 15.1 Å². The maximum atomic E-state index is 12.9. The average Bonchev–Trinajstić information content (AvgIpc) is 2.97. The fraction of sp³-hybridized carbons (Fsp3) is 0.556. The quantitative estimate of drug-likeness (QED) is 0.905. The van der Waals surface area contributed by atoms with Crippen LogP contribution in [0.1, 0.15) is 31.7 Å². The lowest BCUT2D eigenvalue weighted by atomic mass is 9.73. The Morgan fingerprint density at radius 2 is 1.91 bits per heavy atom. The van der Waals surface area contributed by atoms with E-state index in [0.29, 0.717) is 11.8 Å². The van der Waals surface area contributed by atoms with Crippen LogP contribution < -0.4 is 5.32 Å². The number of carbonyl (C=O) groups excluding carboxylic acids is 1. The fourth-order valence-corrected chi connectivity index (χ4v) is 3.79. The number of likely N-dealkylation sites (tertiary alicyclic amines) is 1. The lowest BCUT2D eigenvalue weighted by molar-refractivity contribution is -0.156. The van der Waals surface area contributed by atoms with Crippen molar-refractivity contribution in [2.45, 2.75) is 31.8 Å². The number of nitrogens with one attached hydrogen (secondary N) is 1. The minimum Gasteiger partial charge on any atom is -0.379 e. The average molecular weight is 313 g/mol. The third-order valence-corrected chi connectivity index (χ3v) is 5.53. The number of hydrogen-bond donors (Lipinski definition) is 1. The highest BCUT2D eigenvalue weighted by molar-refractivity contribution is 6.05. The SMILES string of the molecule is CC1(C(=O)N2CCC3(CC2)CNC3)CC(c2ccccc2)=NO1. The molecule has 3 heterocycles. The number of amides is 1. The Bertz CT molecular complexity index is 629. The molecule has 0 aromatic heterocycles. The molecule has 1 spiro atoms. The van der Waals surface area contributed by atoms with Crippen LogP contribution in [0.25, 0.3) is 0 Å².